The molecule has 0 unspecified atom stereocenters. The van der Waals surface area contributed by atoms with Gasteiger partial charge in [0, 0.05) is 13.2 Å². The van der Waals surface area contributed by atoms with E-state index in [2.05, 4.69) is 23.5 Å². The Balaban J connectivity index is 1.84. The number of hydrogen-bond donors (Lipinski definition) is 1. The molecule has 1 aromatic rings. The Labute approximate surface area is 106 Å². The monoisotopic (exact) mass is 237 g/mol. The van der Waals surface area contributed by atoms with E-state index in [1.54, 1.807) is 0 Å². The van der Waals surface area contributed by atoms with Gasteiger partial charge in [0.1, 0.15) is 0 Å². The van der Waals surface area contributed by atoms with E-state index in [9.17, 15) is 0 Å². The van der Waals surface area contributed by atoms with Gasteiger partial charge >= 0.3 is 0 Å². The van der Waals surface area contributed by atoms with Crippen molar-refractivity contribution in [2.75, 3.05) is 13.1 Å². The minimum absolute atomic E-state index is 1.07. The molecule has 0 aromatic carbocycles. The van der Waals surface area contributed by atoms with Crippen molar-refractivity contribution in [2.24, 2.45) is 7.05 Å². The van der Waals surface area contributed by atoms with Crippen molar-refractivity contribution in [2.45, 2.75) is 51.9 Å². The number of nitrogens with one attached hydrogen (secondary N) is 1. The highest BCUT2D eigenvalue weighted by molar-refractivity contribution is 5.03. The summed E-state index contributed by atoms with van der Waals surface area (Å²) in [6, 6.07) is 0. The molecule has 98 valence electrons. The quantitative estimate of drug-likeness (QED) is 0.634. The Morgan fingerprint density at radius 3 is 2.59 bits per heavy atom. The lowest BCUT2D eigenvalue weighted by molar-refractivity contribution is 0.573. The summed E-state index contributed by atoms with van der Waals surface area (Å²) in [6.07, 6.45) is 13.4. The molecule has 3 heteroatoms. The van der Waals surface area contributed by atoms with Gasteiger partial charge in [-0.25, -0.2) is 0 Å². The second-order valence-corrected chi connectivity index (χ2v) is 4.79. The molecule has 0 saturated carbocycles. The van der Waals surface area contributed by atoms with Crippen LogP contribution < -0.4 is 5.32 Å². The van der Waals surface area contributed by atoms with Crippen molar-refractivity contribution in [1.29, 1.82) is 0 Å². The number of hydrogen-bond acceptors (Lipinski definition) is 2. The fourth-order valence-electron chi connectivity index (χ4n) is 1.99. The van der Waals surface area contributed by atoms with Crippen LogP contribution in [0, 0.1) is 0 Å². The zero-order valence-corrected chi connectivity index (χ0v) is 11.4. The Morgan fingerprint density at radius 2 is 1.88 bits per heavy atom. The van der Waals surface area contributed by atoms with Crippen molar-refractivity contribution < 1.29 is 0 Å². The first-order valence-corrected chi connectivity index (χ1v) is 7.01. The van der Waals surface area contributed by atoms with Gasteiger partial charge in [0.25, 0.3) is 0 Å². The Bertz CT molecular complexity index is 281. The van der Waals surface area contributed by atoms with Crippen LogP contribution in [0.25, 0.3) is 0 Å². The minimum atomic E-state index is 1.07. The van der Waals surface area contributed by atoms with E-state index < -0.39 is 0 Å². The predicted molar refractivity (Wildman–Crippen MR) is 73.2 cm³/mol. The fourth-order valence-corrected chi connectivity index (χ4v) is 1.99. The molecule has 1 N–H and O–H groups in total. The summed E-state index contributed by atoms with van der Waals surface area (Å²) in [7, 11) is 1.97. The molecule has 1 aromatic heterocycles. The average Bonchev–Trinajstić information content (AvgIpc) is 2.73. The van der Waals surface area contributed by atoms with E-state index in [4.69, 9.17) is 0 Å². The van der Waals surface area contributed by atoms with Gasteiger partial charge in [-0.1, -0.05) is 39.0 Å². The van der Waals surface area contributed by atoms with E-state index >= 15 is 0 Å². The van der Waals surface area contributed by atoms with Crippen LogP contribution in [0.2, 0.25) is 0 Å². The van der Waals surface area contributed by atoms with E-state index in [1.807, 2.05) is 17.9 Å². The van der Waals surface area contributed by atoms with Gasteiger partial charge in [-0.3, -0.25) is 4.68 Å². The van der Waals surface area contributed by atoms with E-state index in [0.717, 1.165) is 19.5 Å². The molecule has 1 heterocycles. The molecule has 0 bridgehead atoms. The van der Waals surface area contributed by atoms with Gasteiger partial charge in [0.2, 0.25) is 0 Å². The molecular weight excluding hydrogens is 210 g/mol. The van der Waals surface area contributed by atoms with Gasteiger partial charge in [0.15, 0.2) is 0 Å². The maximum absolute atomic E-state index is 4.16. The number of rotatable bonds is 10. The Kier molecular flexibility index (Phi) is 7.72. The zero-order chi connectivity index (χ0) is 12.3. The Hall–Kier alpha value is -0.830. The SMILES string of the molecule is CCCCCCCCNCCc1cnn(C)c1. The first-order chi connectivity index (χ1) is 8.33. The smallest absolute Gasteiger partial charge is 0.0522 e. The molecule has 0 saturated heterocycles. The molecule has 0 aliphatic carbocycles. The minimum Gasteiger partial charge on any atom is -0.316 e. The van der Waals surface area contributed by atoms with Gasteiger partial charge in [-0.2, -0.15) is 5.10 Å². The van der Waals surface area contributed by atoms with Crippen LogP contribution in [0.3, 0.4) is 0 Å². The third-order valence-corrected chi connectivity index (χ3v) is 3.06. The summed E-state index contributed by atoms with van der Waals surface area (Å²) in [4.78, 5) is 0. The van der Waals surface area contributed by atoms with E-state index in [0.29, 0.717) is 0 Å². The third-order valence-electron chi connectivity index (χ3n) is 3.06. The van der Waals surface area contributed by atoms with Crippen molar-refractivity contribution in [3.05, 3.63) is 18.0 Å². The van der Waals surface area contributed by atoms with Crippen LogP contribution in [0.15, 0.2) is 12.4 Å². The van der Waals surface area contributed by atoms with Crippen molar-refractivity contribution >= 4 is 0 Å². The van der Waals surface area contributed by atoms with E-state index in [1.165, 1.54) is 44.1 Å². The van der Waals surface area contributed by atoms with Crippen LogP contribution in [-0.4, -0.2) is 22.9 Å². The van der Waals surface area contributed by atoms with Gasteiger partial charge in [0.05, 0.1) is 6.20 Å². The van der Waals surface area contributed by atoms with Gasteiger partial charge in [-0.15, -0.1) is 0 Å². The lowest BCUT2D eigenvalue weighted by Gasteiger charge is -2.03. The fraction of sp³-hybridized carbons (Fsp3) is 0.786. The zero-order valence-electron chi connectivity index (χ0n) is 11.4. The second kappa shape index (κ2) is 9.23. The first-order valence-electron chi connectivity index (χ1n) is 7.01. The lowest BCUT2D eigenvalue weighted by atomic mass is 10.1. The highest BCUT2D eigenvalue weighted by atomic mass is 15.2. The van der Waals surface area contributed by atoms with Crippen molar-refractivity contribution in [3.63, 3.8) is 0 Å². The number of unbranched alkanes of at least 4 members (excludes halogenated alkanes) is 5. The predicted octanol–water partition coefficient (Wildman–Crippen LogP) is 2.91. The van der Waals surface area contributed by atoms with Crippen LogP contribution in [0.5, 0.6) is 0 Å². The molecule has 0 fully saturated rings. The summed E-state index contributed by atoms with van der Waals surface area (Å²) in [5.41, 5.74) is 1.32. The summed E-state index contributed by atoms with van der Waals surface area (Å²) < 4.78 is 1.86. The Morgan fingerprint density at radius 1 is 1.12 bits per heavy atom. The van der Waals surface area contributed by atoms with Crippen molar-refractivity contribution in [3.8, 4) is 0 Å². The van der Waals surface area contributed by atoms with Gasteiger partial charge in [-0.05, 0) is 31.5 Å². The van der Waals surface area contributed by atoms with Gasteiger partial charge < -0.3 is 5.32 Å². The molecule has 17 heavy (non-hydrogen) atoms. The van der Waals surface area contributed by atoms with Crippen LogP contribution in [0.1, 0.15) is 51.0 Å². The molecule has 0 spiro atoms. The maximum atomic E-state index is 4.16. The number of aromatic nitrogens is 2. The standard InChI is InChI=1S/C14H27N3/c1-3-4-5-6-7-8-10-15-11-9-14-12-16-17(2)13-14/h12-13,15H,3-11H2,1-2H3. The molecule has 0 amide bonds. The molecule has 0 atom stereocenters. The number of aryl methyl sites for hydroxylation is 1. The van der Waals surface area contributed by atoms with Crippen molar-refractivity contribution in [1.82, 2.24) is 15.1 Å². The molecule has 1 rings (SSSR count). The van der Waals surface area contributed by atoms with Crippen LogP contribution in [-0.2, 0) is 13.5 Å². The number of nitrogens with zero attached hydrogens (tertiary/aromatic N) is 2. The normalized spacial score (nSPS) is 10.9. The van der Waals surface area contributed by atoms with Crippen LogP contribution >= 0.6 is 0 Å². The van der Waals surface area contributed by atoms with E-state index in [-0.39, 0.29) is 0 Å². The lowest BCUT2D eigenvalue weighted by Crippen LogP contribution is -2.18. The largest absolute Gasteiger partial charge is 0.316 e. The first kappa shape index (κ1) is 14.2. The summed E-state index contributed by atoms with van der Waals surface area (Å²) in [5, 5.41) is 7.66. The molecule has 0 aliphatic rings. The maximum Gasteiger partial charge on any atom is 0.0522 e. The second-order valence-electron chi connectivity index (χ2n) is 4.79. The average molecular weight is 237 g/mol. The summed E-state index contributed by atoms with van der Waals surface area (Å²) in [6.45, 7) is 4.49. The molecule has 0 aliphatic heterocycles. The highest BCUT2D eigenvalue weighted by Crippen LogP contribution is 2.04. The summed E-state index contributed by atoms with van der Waals surface area (Å²) in [5.74, 6) is 0. The third kappa shape index (κ3) is 7.16. The molecule has 0 radical (unpaired) electrons. The molecule has 3 nitrogen and oxygen atoms in total. The van der Waals surface area contributed by atoms with Crippen LogP contribution in [0.4, 0.5) is 0 Å². The topological polar surface area (TPSA) is 29.9 Å². The molecular formula is C14H27N3. The summed E-state index contributed by atoms with van der Waals surface area (Å²) >= 11 is 0. The highest BCUT2D eigenvalue weighted by Gasteiger charge is 1.95.